The number of pyridine rings is 1. The van der Waals surface area contributed by atoms with E-state index in [0.29, 0.717) is 24.4 Å². The predicted octanol–water partition coefficient (Wildman–Crippen LogP) is 0.410. The number of amides is 1. The lowest BCUT2D eigenvalue weighted by Crippen LogP contribution is -2.47. The number of aromatic nitrogens is 1. The number of hydrogen-bond acceptors (Lipinski definition) is 5. The van der Waals surface area contributed by atoms with Crippen LogP contribution in [0, 0.1) is 5.41 Å². The highest BCUT2D eigenvalue weighted by Crippen LogP contribution is 2.28. The van der Waals surface area contributed by atoms with E-state index < -0.39 is 0 Å². The maximum Gasteiger partial charge on any atom is 0.254 e. The van der Waals surface area contributed by atoms with E-state index in [1.807, 2.05) is 0 Å². The number of rotatable bonds is 5. The van der Waals surface area contributed by atoms with E-state index in [9.17, 15) is 4.79 Å². The Kier molecular flexibility index (Phi) is 4.92. The summed E-state index contributed by atoms with van der Waals surface area (Å²) in [5.74, 6) is -0.176. The number of piperidine rings is 1. The van der Waals surface area contributed by atoms with Crippen molar-refractivity contribution in [2.45, 2.75) is 12.8 Å². The Labute approximate surface area is 119 Å². The molecule has 0 aliphatic carbocycles. The lowest BCUT2D eigenvalue weighted by Gasteiger charge is -2.37. The minimum absolute atomic E-state index is 0.00658. The number of hydrogen-bond donors (Lipinski definition) is 3. The van der Waals surface area contributed by atoms with Crippen molar-refractivity contribution in [2.75, 3.05) is 39.1 Å². The van der Waals surface area contributed by atoms with Gasteiger partial charge in [-0.05, 0) is 32.0 Å². The van der Waals surface area contributed by atoms with Gasteiger partial charge >= 0.3 is 0 Å². The molecule has 0 radical (unpaired) electrons. The van der Waals surface area contributed by atoms with E-state index in [1.54, 1.807) is 19.4 Å². The minimum Gasteiger partial charge on any atom is -0.398 e. The highest BCUT2D eigenvalue weighted by molar-refractivity contribution is 5.98. The molecule has 1 amide bonds. The third kappa shape index (κ3) is 3.46. The normalized spacial score (nSPS) is 17.6. The Morgan fingerprint density at radius 3 is 2.95 bits per heavy atom. The van der Waals surface area contributed by atoms with Crippen molar-refractivity contribution < 1.29 is 9.53 Å². The Balaban J connectivity index is 1.99. The van der Waals surface area contributed by atoms with E-state index in [4.69, 9.17) is 10.5 Å². The van der Waals surface area contributed by atoms with Crippen molar-refractivity contribution >= 4 is 11.6 Å². The van der Waals surface area contributed by atoms with Crippen molar-refractivity contribution in [3.05, 3.63) is 24.0 Å². The van der Waals surface area contributed by atoms with Gasteiger partial charge in [0.15, 0.2) is 0 Å². The van der Waals surface area contributed by atoms with Gasteiger partial charge in [-0.1, -0.05) is 0 Å². The van der Waals surface area contributed by atoms with Crippen molar-refractivity contribution in [1.82, 2.24) is 15.6 Å². The molecule has 2 rings (SSSR count). The molecule has 0 aromatic carbocycles. The number of nitrogens with one attached hydrogen (secondary N) is 2. The standard InChI is InChI=1S/C14H22N4O2/c1-20-10-14(3-6-16-7-4-14)9-18-13(19)11-8-17-5-2-12(11)15/h2,5,8,16H,3-4,6-7,9-10H2,1H3,(H2,15,17)(H,18,19). The molecular formula is C14H22N4O2. The van der Waals surface area contributed by atoms with Crippen LogP contribution in [0.2, 0.25) is 0 Å². The molecule has 1 aromatic heterocycles. The molecule has 1 aliphatic heterocycles. The van der Waals surface area contributed by atoms with Crippen LogP contribution in [0.5, 0.6) is 0 Å². The van der Waals surface area contributed by atoms with E-state index in [-0.39, 0.29) is 11.3 Å². The summed E-state index contributed by atoms with van der Waals surface area (Å²) >= 11 is 0. The molecule has 6 heteroatoms. The molecule has 6 nitrogen and oxygen atoms in total. The molecule has 0 atom stereocenters. The quantitative estimate of drug-likeness (QED) is 0.726. The summed E-state index contributed by atoms with van der Waals surface area (Å²) < 4.78 is 5.33. The van der Waals surface area contributed by atoms with Gasteiger partial charge in [-0.3, -0.25) is 9.78 Å². The lowest BCUT2D eigenvalue weighted by atomic mass is 9.79. The summed E-state index contributed by atoms with van der Waals surface area (Å²) in [7, 11) is 1.70. The van der Waals surface area contributed by atoms with Crippen LogP contribution in [-0.4, -0.2) is 44.2 Å². The number of carbonyl (C=O) groups is 1. The molecule has 20 heavy (non-hydrogen) atoms. The number of nitrogen functional groups attached to an aromatic ring is 1. The van der Waals surface area contributed by atoms with Crippen LogP contribution >= 0.6 is 0 Å². The molecule has 1 saturated heterocycles. The fourth-order valence-corrected chi connectivity index (χ4v) is 2.59. The predicted molar refractivity (Wildman–Crippen MR) is 77.4 cm³/mol. The summed E-state index contributed by atoms with van der Waals surface area (Å²) in [5.41, 5.74) is 6.67. The number of anilines is 1. The summed E-state index contributed by atoms with van der Waals surface area (Å²) in [6.45, 7) is 3.15. The SMILES string of the molecule is COCC1(CNC(=O)c2cnccc2N)CCNCC1. The van der Waals surface area contributed by atoms with Gasteiger partial charge in [-0.2, -0.15) is 0 Å². The number of ether oxygens (including phenoxy) is 1. The first kappa shape index (κ1) is 14.7. The average molecular weight is 278 g/mol. The second-order valence-corrected chi connectivity index (χ2v) is 5.33. The van der Waals surface area contributed by atoms with Gasteiger partial charge in [0.1, 0.15) is 0 Å². The smallest absolute Gasteiger partial charge is 0.254 e. The Bertz CT molecular complexity index is 453. The van der Waals surface area contributed by atoms with E-state index in [2.05, 4.69) is 15.6 Å². The van der Waals surface area contributed by atoms with E-state index >= 15 is 0 Å². The molecular weight excluding hydrogens is 256 g/mol. The zero-order chi connectivity index (χ0) is 14.4. The second-order valence-electron chi connectivity index (χ2n) is 5.33. The maximum absolute atomic E-state index is 12.2. The molecule has 1 aromatic rings. The van der Waals surface area contributed by atoms with Crippen molar-refractivity contribution in [3.8, 4) is 0 Å². The van der Waals surface area contributed by atoms with Crippen molar-refractivity contribution in [3.63, 3.8) is 0 Å². The highest BCUT2D eigenvalue weighted by atomic mass is 16.5. The van der Waals surface area contributed by atoms with Gasteiger partial charge in [0.25, 0.3) is 5.91 Å². The molecule has 4 N–H and O–H groups in total. The van der Waals surface area contributed by atoms with E-state index in [0.717, 1.165) is 25.9 Å². The molecule has 0 unspecified atom stereocenters. The maximum atomic E-state index is 12.2. The van der Waals surface area contributed by atoms with Gasteiger partial charge < -0.3 is 21.1 Å². The van der Waals surface area contributed by atoms with Gasteiger partial charge in [-0.25, -0.2) is 0 Å². The topological polar surface area (TPSA) is 89.3 Å². The first-order valence-electron chi connectivity index (χ1n) is 6.84. The summed E-state index contributed by atoms with van der Waals surface area (Å²) in [6, 6.07) is 1.63. The van der Waals surface area contributed by atoms with Gasteiger partial charge in [0.2, 0.25) is 0 Å². The monoisotopic (exact) mass is 278 g/mol. The number of nitrogens with two attached hydrogens (primary N) is 1. The largest absolute Gasteiger partial charge is 0.398 e. The zero-order valence-electron chi connectivity index (χ0n) is 11.8. The van der Waals surface area contributed by atoms with Crippen LogP contribution in [-0.2, 0) is 4.74 Å². The van der Waals surface area contributed by atoms with Crippen LogP contribution in [0.4, 0.5) is 5.69 Å². The average Bonchev–Trinajstić information content (AvgIpc) is 2.47. The molecule has 1 fully saturated rings. The summed E-state index contributed by atoms with van der Waals surface area (Å²) in [5, 5.41) is 6.30. The second kappa shape index (κ2) is 6.67. The first-order chi connectivity index (χ1) is 9.67. The third-order valence-corrected chi connectivity index (χ3v) is 3.84. The Morgan fingerprint density at radius 2 is 2.30 bits per heavy atom. The molecule has 0 saturated carbocycles. The van der Waals surface area contributed by atoms with Crippen LogP contribution in [0.25, 0.3) is 0 Å². The molecule has 2 heterocycles. The molecule has 0 bridgehead atoms. The van der Waals surface area contributed by atoms with E-state index in [1.165, 1.54) is 6.20 Å². The summed E-state index contributed by atoms with van der Waals surface area (Å²) in [6.07, 6.45) is 5.05. The van der Waals surface area contributed by atoms with Crippen LogP contribution < -0.4 is 16.4 Å². The molecule has 110 valence electrons. The minimum atomic E-state index is -0.176. The lowest BCUT2D eigenvalue weighted by molar-refractivity contribution is 0.0512. The number of carbonyl (C=O) groups excluding carboxylic acids is 1. The van der Waals surface area contributed by atoms with Gasteiger partial charge in [0.05, 0.1) is 12.2 Å². The van der Waals surface area contributed by atoms with Gasteiger partial charge in [0, 0.05) is 37.2 Å². The van der Waals surface area contributed by atoms with Crippen molar-refractivity contribution in [1.29, 1.82) is 0 Å². The Hall–Kier alpha value is -1.66. The molecule has 0 spiro atoms. The zero-order valence-corrected chi connectivity index (χ0v) is 11.8. The Morgan fingerprint density at radius 1 is 1.55 bits per heavy atom. The highest BCUT2D eigenvalue weighted by Gasteiger charge is 2.32. The number of methoxy groups -OCH3 is 1. The fourth-order valence-electron chi connectivity index (χ4n) is 2.59. The van der Waals surface area contributed by atoms with Crippen LogP contribution in [0.3, 0.4) is 0 Å². The number of nitrogens with zero attached hydrogens (tertiary/aromatic N) is 1. The van der Waals surface area contributed by atoms with Crippen molar-refractivity contribution in [2.24, 2.45) is 5.41 Å². The third-order valence-electron chi connectivity index (χ3n) is 3.84. The van der Waals surface area contributed by atoms with Crippen LogP contribution in [0.1, 0.15) is 23.2 Å². The molecule has 1 aliphatic rings. The van der Waals surface area contributed by atoms with Gasteiger partial charge in [-0.15, -0.1) is 0 Å². The first-order valence-corrected chi connectivity index (χ1v) is 6.84. The summed E-state index contributed by atoms with van der Waals surface area (Å²) in [4.78, 5) is 16.1. The fraction of sp³-hybridized carbons (Fsp3) is 0.571. The van der Waals surface area contributed by atoms with Crippen LogP contribution in [0.15, 0.2) is 18.5 Å².